The molecule has 1 unspecified atom stereocenters. The van der Waals surface area contributed by atoms with Gasteiger partial charge in [-0.1, -0.05) is 89.3 Å². The Hall–Kier alpha value is -6.60. The van der Waals surface area contributed by atoms with Gasteiger partial charge in [-0.05, 0) is 91.4 Å². The maximum atomic E-state index is 14.1. The second-order valence-corrected chi connectivity index (χ2v) is 18.8. The van der Waals surface area contributed by atoms with Crippen LogP contribution in [0.1, 0.15) is 101 Å². The number of hydrogen-bond acceptors (Lipinski definition) is 12. The minimum atomic E-state index is -5.52. The van der Waals surface area contributed by atoms with Crippen molar-refractivity contribution in [1.82, 2.24) is 5.32 Å². The molecule has 0 aliphatic carbocycles. The topological polar surface area (TPSA) is 251 Å². The molecule has 0 bridgehead atoms. The third-order valence-electron chi connectivity index (χ3n) is 10.9. The van der Waals surface area contributed by atoms with Crippen molar-refractivity contribution in [3.63, 3.8) is 0 Å². The van der Waals surface area contributed by atoms with Crippen molar-refractivity contribution >= 4 is 70.7 Å². The van der Waals surface area contributed by atoms with Crippen LogP contribution in [0.15, 0.2) is 111 Å². The molecule has 0 fully saturated rings. The van der Waals surface area contributed by atoms with Crippen LogP contribution >= 0.6 is 0 Å². The first-order valence-electron chi connectivity index (χ1n) is 22.0. The Labute approximate surface area is 389 Å². The molecule has 0 saturated heterocycles. The number of nitrogens with one attached hydrogen (secondary N) is 2. The second kappa shape index (κ2) is 21.8. The molecule has 2 amide bonds. The van der Waals surface area contributed by atoms with E-state index >= 15 is 0 Å². The number of amides is 2. The lowest BCUT2D eigenvalue weighted by Gasteiger charge is -2.23. The molecule has 6 N–H and O–H groups in total. The van der Waals surface area contributed by atoms with Gasteiger partial charge >= 0.3 is 0 Å². The molecule has 67 heavy (non-hydrogen) atoms. The molecule has 0 radical (unpaired) electrons. The molecule has 0 saturated carbocycles. The van der Waals surface area contributed by atoms with E-state index in [1.165, 1.54) is 55.0 Å². The number of phenolic OH excluding ortho intramolecular Hbond substituents is 2. The fourth-order valence-electron chi connectivity index (χ4n) is 7.71. The van der Waals surface area contributed by atoms with E-state index in [-0.39, 0.29) is 45.0 Å². The molecule has 0 aromatic heterocycles. The molecule has 0 spiro atoms. The minimum Gasteiger partial charge on any atom is -0.506 e. The quantitative estimate of drug-likeness (QED) is 0.0171. The molecule has 0 heterocycles. The van der Waals surface area contributed by atoms with Gasteiger partial charge in [0, 0.05) is 40.6 Å². The summed E-state index contributed by atoms with van der Waals surface area (Å²) in [7, 11) is -11.0. The number of ether oxygens (including phenoxy) is 2. The normalized spacial score (nSPS) is 12.4. The van der Waals surface area contributed by atoms with Crippen LogP contribution in [-0.4, -0.2) is 54.2 Å². The maximum absolute atomic E-state index is 14.1. The number of benzene rings is 6. The molecule has 6 aromatic rings. The van der Waals surface area contributed by atoms with E-state index in [0.29, 0.717) is 29.4 Å². The van der Waals surface area contributed by atoms with Crippen LogP contribution in [0.2, 0.25) is 0 Å². The largest absolute Gasteiger partial charge is 0.506 e. The Morgan fingerprint density at radius 3 is 1.99 bits per heavy atom. The first-order valence-corrected chi connectivity index (χ1v) is 24.9. The number of rotatable bonds is 21. The first kappa shape index (κ1) is 49.8. The van der Waals surface area contributed by atoms with Gasteiger partial charge in [0.15, 0.2) is 11.1 Å². The standard InChI is InChI=1S/C49H54N4O12S2/c1-5-8-10-15-31-19-26-41(32(27-31)16-11-9-6-2)65-43(14-7-3)51-49(57)40-29-42(36-17-12-13-18-38(36)45(40)55)64-35-23-20-33(21-24-35)52-53-44-37-25-22-34(50-30(4)54)28-39(37)46(56)48(67(61,62)63)47(44)66(58,59)60/h12-13,17-29,43,55-56H,5-11,14-16H2,1-4H3,(H,50,54)(H,51,57)(H,58,59,60)(H,61,62,63). The van der Waals surface area contributed by atoms with E-state index in [9.17, 15) is 45.7 Å². The number of phenols is 2. The van der Waals surface area contributed by atoms with Crippen LogP contribution in [0.3, 0.4) is 0 Å². The van der Waals surface area contributed by atoms with Gasteiger partial charge in [0.05, 0.1) is 11.3 Å². The molecular weight excluding hydrogens is 901 g/mol. The number of aryl methyl sites for hydroxylation is 2. The summed E-state index contributed by atoms with van der Waals surface area (Å²) in [5.74, 6) is -1.39. The molecule has 0 aliphatic rings. The van der Waals surface area contributed by atoms with E-state index in [1.807, 2.05) is 13.0 Å². The summed E-state index contributed by atoms with van der Waals surface area (Å²) in [5, 5.41) is 36.1. The summed E-state index contributed by atoms with van der Waals surface area (Å²) >= 11 is 0. The summed E-state index contributed by atoms with van der Waals surface area (Å²) in [5.41, 5.74) is 1.71. The molecule has 16 nitrogen and oxygen atoms in total. The average Bonchev–Trinajstić information content (AvgIpc) is 3.27. The molecule has 354 valence electrons. The summed E-state index contributed by atoms with van der Waals surface area (Å²) in [6.45, 7) is 7.54. The highest BCUT2D eigenvalue weighted by Crippen LogP contribution is 2.46. The average molecular weight is 955 g/mol. The van der Waals surface area contributed by atoms with Gasteiger partial charge in [-0.15, -0.1) is 5.11 Å². The number of azo groups is 1. The third kappa shape index (κ3) is 12.2. The van der Waals surface area contributed by atoms with Crippen molar-refractivity contribution in [2.75, 3.05) is 5.32 Å². The van der Waals surface area contributed by atoms with Crippen LogP contribution < -0.4 is 20.1 Å². The minimum absolute atomic E-state index is 0.0533. The van der Waals surface area contributed by atoms with Crippen molar-refractivity contribution < 1.29 is 55.2 Å². The second-order valence-electron chi connectivity index (χ2n) is 16.1. The molecule has 6 aromatic carbocycles. The Bertz CT molecular complexity index is 3050. The van der Waals surface area contributed by atoms with Gasteiger partial charge in [-0.25, -0.2) is 0 Å². The Balaban J connectivity index is 1.30. The van der Waals surface area contributed by atoms with E-state index in [4.69, 9.17) is 9.47 Å². The van der Waals surface area contributed by atoms with Crippen molar-refractivity contribution in [1.29, 1.82) is 0 Å². The predicted molar refractivity (Wildman–Crippen MR) is 256 cm³/mol. The zero-order valence-corrected chi connectivity index (χ0v) is 39.2. The van der Waals surface area contributed by atoms with Crippen molar-refractivity contribution in [2.45, 2.75) is 108 Å². The fraction of sp³-hybridized carbons (Fsp3) is 0.306. The zero-order chi connectivity index (χ0) is 48.5. The number of carbonyl (C=O) groups excluding carboxylic acids is 2. The number of aromatic hydroxyl groups is 2. The van der Waals surface area contributed by atoms with Gasteiger partial charge in [-0.3, -0.25) is 18.7 Å². The first-order chi connectivity index (χ1) is 31.9. The van der Waals surface area contributed by atoms with Crippen LogP contribution in [0, 0.1) is 0 Å². The monoisotopic (exact) mass is 954 g/mol. The molecule has 18 heteroatoms. The Morgan fingerprint density at radius 2 is 1.34 bits per heavy atom. The van der Waals surface area contributed by atoms with Crippen molar-refractivity contribution in [3.8, 4) is 28.7 Å². The number of fused-ring (bicyclic) bond motifs is 2. The molecule has 6 rings (SSSR count). The van der Waals surface area contributed by atoms with Crippen LogP contribution in [0.5, 0.6) is 28.7 Å². The lowest BCUT2D eigenvalue weighted by atomic mass is 10.00. The highest BCUT2D eigenvalue weighted by molar-refractivity contribution is 7.89. The summed E-state index contributed by atoms with van der Waals surface area (Å²) in [4.78, 5) is 22.8. The number of unbranched alkanes of at least 4 members (excludes halogenated alkanes) is 4. The van der Waals surface area contributed by atoms with E-state index in [1.54, 1.807) is 24.3 Å². The number of hydrogen-bond donors (Lipinski definition) is 6. The lowest BCUT2D eigenvalue weighted by molar-refractivity contribution is -0.114. The lowest BCUT2D eigenvalue weighted by Crippen LogP contribution is -2.39. The van der Waals surface area contributed by atoms with E-state index < -0.39 is 59.5 Å². The predicted octanol–water partition coefficient (Wildman–Crippen LogP) is 11.5. The van der Waals surface area contributed by atoms with Crippen molar-refractivity contribution in [3.05, 3.63) is 108 Å². The number of carbonyl (C=O) groups is 2. The van der Waals surface area contributed by atoms with Crippen LogP contribution in [-0.2, 0) is 37.9 Å². The Morgan fingerprint density at radius 1 is 0.672 bits per heavy atom. The smallest absolute Gasteiger partial charge is 0.299 e. The summed E-state index contributed by atoms with van der Waals surface area (Å²) < 4.78 is 83.2. The Kier molecular flexibility index (Phi) is 16.2. The highest BCUT2D eigenvalue weighted by Gasteiger charge is 2.34. The zero-order valence-electron chi connectivity index (χ0n) is 37.6. The summed E-state index contributed by atoms with van der Waals surface area (Å²) in [6, 6.07) is 24.0. The molecule has 1 atom stereocenters. The van der Waals surface area contributed by atoms with Gasteiger partial charge in [0.2, 0.25) is 5.91 Å². The van der Waals surface area contributed by atoms with Gasteiger partial charge < -0.3 is 30.3 Å². The van der Waals surface area contributed by atoms with Crippen LogP contribution in [0.25, 0.3) is 21.5 Å². The van der Waals surface area contributed by atoms with Crippen molar-refractivity contribution in [2.24, 2.45) is 10.2 Å². The number of nitrogens with zero attached hydrogens (tertiary/aromatic N) is 2. The SMILES string of the molecule is CCCCCc1ccc(OC(CCC)NC(=O)c2cc(Oc3ccc(N=Nc4c(S(=O)(=O)O)c(S(=O)(=O)O)c(O)c5cc(NC(C)=O)ccc45)cc3)c3ccccc3c2O)c(CCCCC)c1. The summed E-state index contributed by atoms with van der Waals surface area (Å²) in [6.07, 6.45) is 8.91. The number of anilines is 1. The van der Waals surface area contributed by atoms with E-state index in [2.05, 4.69) is 46.8 Å². The van der Waals surface area contributed by atoms with Gasteiger partial charge in [-0.2, -0.15) is 21.9 Å². The highest BCUT2D eigenvalue weighted by atomic mass is 32.2. The van der Waals surface area contributed by atoms with E-state index in [0.717, 1.165) is 63.0 Å². The van der Waals surface area contributed by atoms with Gasteiger partial charge in [0.1, 0.15) is 39.3 Å². The molecular formula is C49H54N4O12S2. The van der Waals surface area contributed by atoms with Gasteiger partial charge in [0.25, 0.3) is 26.1 Å². The maximum Gasteiger partial charge on any atom is 0.299 e. The van der Waals surface area contributed by atoms with Crippen LogP contribution in [0.4, 0.5) is 17.1 Å². The fourth-order valence-corrected chi connectivity index (χ4v) is 9.75. The molecule has 0 aliphatic heterocycles. The third-order valence-corrected chi connectivity index (χ3v) is 12.9.